The molecule has 36 heavy (non-hydrogen) atoms. The molecular formula is C19H48N8O9. The van der Waals surface area contributed by atoms with Crippen molar-refractivity contribution in [2.75, 3.05) is 40.8 Å². The van der Waals surface area contributed by atoms with Gasteiger partial charge in [0.15, 0.2) is 11.7 Å². The zero-order valence-electron chi connectivity index (χ0n) is 20.0. The molecule has 0 aromatic carbocycles. The molecule has 0 radical (unpaired) electrons. The third-order valence-corrected chi connectivity index (χ3v) is 3.61. The van der Waals surface area contributed by atoms with E-state index in [-0.39, 0.29) is 74.8 Å². The molecule has 0 saturated carbocycles. The molecule has 0 aromatic rings. The van der Waals surface area contributed by atoms with Gasteiger partial charge in [0.2, 0.25) is 11.8 Å². The van der Waals surface area contributed by atoms with Crippen LogP contribution < -0.4 is 22.9 Å². The number of carbonyl (C=O) groups excluding carboxylic acids is 3. The lowest BCUT2D eigenvalue weighted by molar-refractivity contribution is -0.138. The molecular weight excluding hydrogens is 484 g/mol. The monoisotopic (exact) mass is 532 g/mol. The second-order valence-corrected chi connectivity index (χ2v) is 6.67. The highest BCUT2D eigenvalue weighted by atomic mass is 16.4. The Balaban J connectivity index is -0.0000000600. The van der Waals surface area contributed by atoms with Gasteiger partial charge in [-0.3, -0.25) is 40.0 Å². The summed E-state index contributed by atoms with van der Waals surface area (Å²) in [6.07, 6.45) is 0.855. The Morgan fingerprint density at radius 2 is 1.58 bits per heavy atom. The standard InChI is InChI=1S/C5H7NO2.C4H9N3O2.C4H9N3O.C4H8O2.2CH4.H3N.2H2O/c1-6-3-4(7)2-5(6)8;1-7(4(5)6)2-3(8)9;1-7-2-3(8)6-4(7)5;1-2-3-4(5)6;;;;;/h2-3H2,1H3;2H2,1H3,(H3,5,6)(H,8,9);4H,2,5H2,1H3,(H,6,8);2-3H2,1H3,(H,5,6);2*1H4;1H3;2*1H2. The van der Waals surface area contributed by atoms with Crippen molar-refractivity contribution in [3.05, 3.63) is 0 Å². The van der Waals surface area contributed by atoms with E-state index in [1.54, 1.807) is 19.0 Å². The minimum Gasteiger partial charge on any atom is -0.481 e. The largest absolute Gasteiger partial charge is 0.481 e. The molecule has 15 N–H and O–H groups in total. The summed E-state index contributed by atoms with van der Waals surface area (Å²) < 4.78 is 0. The number of amides is 2. The molecule has 218 valence electrons. The quantitative estimate of drug-likeness (QED) is 0.110. The summed E-state index contributed by atoms with van der Waals surface area (Å²) in [5, 5.41) is 25.3. The number of nitrogens with one attached hydrogen (secondary N) is 2. The van der Waals surface area contributed by atoms with Gasteiger partial charge in [-0.15, -0.1) is 0 Å². The lowest BCUT2D eigenvalue weighted by Gasteiger charge is -2.12. The third-order valence-electron chi connectivity index (χ3n) is 3.61. The molecule has 0 bridgehead atoms. The highest BCUT2D eigenvalue weighted by molar-refractivity contribution is 6.05. The molecule has 2 heterocycles. The minimum absolute atomic E-state index is 0. The van der Waals surface area contributed by atoms with Gasteiger partial charge in [0, 0.05) is 20.5 Å². The van der Waals surface area contributed by atoms with E-state index in [1.165, 1.54) is 11.9 Å². The lowest BCUT2D eigenvalue weighted by atomic mass is 10.3. The number of hydrogen-bond acceptors (Lipinski definition) is 9. The van der Waals surface area contributed by atoms with Gasteiger partial charge < -0.3 is 48.2 Å². The molecule has 2 aliphatic rings. The van der Waals surface area contributed by atoms with Crippen LogP contribution in [0.2, 0.25) is 0 Å². The Hall–Kier alpha value is -3.38. The number of likely N-dealkylation sites (tertiary alicyclic amines) is 1. The van der Waals surface area contributed by atoms with E-state index >= 15 is 0 Å². The zero-order valence-corrected chi connectivity index (χ0v) is 20.0. The first kappa shape index (κ1) is 49.7. The summed E-state index contributed by atoms with van der Waals surface area (Å²) >= 11 is 0. The summed E-state index contributed by atoms with van der Waals surface area (Å²) in [7, 11) is 4.87. The first-order chi connectivity index (χ1) is 14.2. The fraction of sp³-hybridized carbons (Fsp3) is 0.684. The molecule has 2 aliphatic heterocycles. The smallest absolute Gasteiger partial charge is 0.323 e. The van der Waals surface area contributed by atoms with Gasteiger partial charge in [-0.05, 0) is 13.5 Å². The van der Waals surface area contributed by atoms with Gasteiger partial charge in [-0.1, -0.05) is 21.8 Å². The van der Waals surface area contributed by atoms with Crippen molar-refractivity contribution in [1.82, 2.24) is 26.2 Å². The lowest BCUT2D eigenvalue weighted by Crippen LogP contribution is -2.41. The van der Waals surface area contributed by atoms with Crippen molar-refractivity contribution in [3.8, 4) is 0 Å². The van der Waals surface area contributed by atoms with E-state index in [0.717, 1.165) is 11.3 Å². The summed E-state index contributed by atoms with van der Waals surface area (Å²) in [6, 6.07) is 0. The Kier molecular flexibility index (Phi) is 36.2. The molecule has 1 unspecified atom stereocenters. The van der Waals surface area contributed by atoms with Crippen LogP contribution in [0.25, 0.3) is 0 Å². The van der Waals surface area contributed by atoms with Gasteiger partial charge in [-0.25, -0.2) is 0 Å². The van der Waals surface area contributed by atoms with Crippen LogP contribution in [0.4, 0.5) is 0 Å². The van der Waals surface area contributed by atoms with Crippen LogP contribution in [0.3, 0.4) is 0 Å². The van der Waals surface area contributed by atoms with E-state index in [2.05, 4.69) is 5.32 Å². The van der Waals surface area contributed by atoms with Crippen LogP contribution in [0.15, 0.2) is 0 Å². The summed E-state index contributed by atoms with van der Waals surface area (Å²) in [5.74, 6) is -1.98. The van der Waals surface area contributed by atoms with Crippen LogP contribution in [0.1, 0.15) is 41.0 Å². The van der Waals surface area contributed by atoms with E-state index in [9.17, 15) is 24.0 Å². The SMILES string of the molecule is C.C.CCCC(=O)O.CN(CC(=O)O)C(=N)N.CN1CC(=O)CC1=O.CN1CC(=O)NC1N.N.O.O. The van der Waals surface area contributed by atoms with Crippen molar-refractivity contribution in [1.29, 1.82) is 5.41 Å². The highest BCUT2D eigenvalue weighted by Gasteiger charge is 2.23. The number of carboxylic acid groups (broad SMARTS) is 2. The van der Waals surface area contributed by atoms with Gasteiger partial charge in [0.25, 0.3) is 0 Å². The molecule has 2 rings (SSSR count). The number of hydrogen-bond donors (Lipinski definition) is 7. The first-order valence-electron chi connectivity index (χ1n) is 9.20. The van der Waals surface area contributed by atoms with Crippen molar-refractivity contribution in [2.24, 2.45) is 11.5 Å². The van der Waals surface area contributed by atoms with E-state index in [4.69, 9.17) is 27.1 Å². The van der Waals surface area contributed by atoms with Gasteiger partial charge in [-0.2, -0.15) is 0 Å². The molecule has 2 fully saturated rings. The average molecular weight is 533 g/mol. The van der Waals surface area contributed by atoms with Crippen LogP contribution in [-0.4, -0.2) is 118 Å². The number of ketones is 1. The van der Waals surface area contributed by atoms with E-state index in [0.29, 0.717) is 19.5 Å². The molecule has 2 saturated heterocycles. The number of nitrogens with two attached hydrogens (primary N) is 2. The molecule has 0 aromatic heterocycles. The minimum atomic E-state index is -0.993. The fourth-order valence-corrected chi connectivity index (χ4v) is 1.86. The molecule has 2 amide bonds. The van der Waals surface area contributed by atoms with E-state index in [1.807, 2.05) is 6.92 Å². The molecule has 0 aliphatic carbocycles. The predicted octanol–water partition coefficient (Wildman–Crippen LogP) is -2.74. The predicted molar refractivity (Wildman–Crippen MR) is 136 cm³/mol. The number of guanidine groups is 1. The number of aliphatic carboxylic acids is 2. The average Bonchev–Trinajstić information content (AvgIpc) is 3.07. The Bertz CT molecular complexity index is 653. The van der Waals surface area contributed by atoms with Crippen molar-refractivity contribution < 1.29 is 45.1 Å². The highest BCUT2D eigenvalue weighted by Crippen LogP contribution is 2.01. The molecule has 0 spiro atoms. The maximum atomic E-state index is 10.5. The van der Waals surface area contributed by atoms with Crippen molar-refractivity contribution >= 4 is 35.5 Å². The summed E-state index contributed by atoms with van der Waals surface area (Å²) in [4.78, 5) is 55.1. The number of carboxylic acids is 2. The van der Waals surface area contributed by atoms with Crippen LogP contribution in [-0.2, 0) is 24.0 Å². The first-order valence-corrected chi connectivity index (χ1v) is 9.20. The fourth-order valence-electron chi connectivity index (χ4n) is 1.86. The van der Waals surface area contributed by atoms with Crippen molar-refractivity contribution in [3.63, 3.8) is 0 Å². The van der Waals surface area contributed by atoms with Gasteiger partial charge in [0.1, 0.15) is 12.8 Å². The summed E-state index contributed by atoms with van der Waals surface area (Å²) in [5.41, 5.74) is 10.3. The van der Waals surface area contributed by atoms with Crippen LogP contribution in [0, 0.1) is 5.41 Å². The maximum absolute atomic E-state index is 10.5. The normalized spacial score (nSPS) is 14.9. The number of carbonyl (C=O) groups is 5. The second kappa shape index (κ2) is 26.2. The second-order valence-electron chi connectivity index (χ2n) is 6.67. The summed E-state index contributed by atoms with van der Waals surface area (Å²) in [6.45, 7) is 2.34. The third kappa shape index (κ3) is 26.9. The number of rotatable bonds is 4. The van der Waals surface area contributed by atoms with Crippen molar-refractivity contribution in [2.45, 2.75) is 47.3 Å². The Morgan fingerprint density at radius 1 is 1.11 bits per heavy atom. The van der Waals surface area contributed by atoms with Gasteiger partial charge >= 0.3 is 11.9 Å². The molecule has 1 atom stereocenters. The Morgan fingerprint density at radius 3 is 1.67 bits per heavy atom. The topological polar surface area (TPSA) is 321 Å². The number of likely N-dealkylation sites (N-methyl/N-ethyl adjacent to an activating group) is 3. The maximum Gasteiger partial charge on any atom is 0.323 e. The van der Waals surface area contributed by atoms with Crippen LogP contribution in [0.5, 0.6) is 0 Å². The molecule has 17 heteroatoms. The number of Topliss-reactive ketones (excluding diaryl/α,β-unsaturated/α-hetero) is 1. The van der Waals surface area contributed by atoms with Crippen LogP contribution >= 0.6 is 0 Å². The van der Waals surface area contributed by atoms with E-state index < -0.39 is 11.9 Å². The molecule has 17 nitrogen and oxygen atoms in total. The number of nitrogens with zero attached hydrogens (tertiary/aromatic N) is 3. The van der Waals surface area contributed by atoms with Gasteiger partial charge in [0.05, 0.1) is 19.5 Å². The Labute approximate surface area is 212 Å². The zero-order chi connectivity index (χ0) is 24.7.